The monoisotopic (exact) mass is 291 g/mol. The van der Waals surface area contributed by atoms with E-state index in [4.69, 9.17) is 4.74 Å². The van der Waals surface area contributed by atoms with Crippen molar-refractivity contribution < 1.29 is 9.53 Å². The van der Waals surface area contributed by atoms with Crippen LogP contribution >= 0.6 is 0 Å². The number of ether oxygens (including phenoxy) is 1. The van der Waals surface area contributed by atoms with Gasteiger partial charge in [-0.3, -0.25) is 0 Å². The molecule has 3 rings (SSSR count). The highest BCUT2D eigenvalue weighted by atomic mass is 16.5. The highest BCUT2D eigenvalue weighted by Crippen LogP contribution is 2.33. The third-order valence-electron chi connectivity index (χ3n) is 3.76. The highest BCUT2D eigenvalue weighted by Gasteiger charge is 2.22. The summed E-state index contributed by atoms with van der Waals surface area (Å²) in [6, 6.07) is 19.8. The Balaban J connectivity index is 2.23. The summed E-state index contributed by atoms with van der Waals surface area (Å²) in [5, 5.41) is 0. The second-order valence-corrected chi connectivity index (χ2v) is 5.10. The van der Waals surface area contributed by atoms with Crippen LogP contribution in [0.4, 0.5) is 0 Å². The summed E-state index contributed by atoms with van der Waals surface area (Å²) >= 11 is 0. The van der Waals surface area contributed by atoms with E-state index in [-0.39, 0.29) is 5.97 Å². The van der Waals surface area contributed by atoms with Crippen LogP contribution in [0.1, 0.15) is 15.9 Å². The fraction of sp³-hybridized carbons (Fsp3) is 0.105. The van der Waals surface area contributed by atoms with Crippen LogP contribution < -0.4 is 0 Å². The van der Waals surface area contributed by atoms with Gasteiger partial charge in [-0.1, -0.05) is 60.7 Å². The Bertz CT molecular complexity index is 789. The van der Waals surface area contributed by atoms with Gasteiger partial charge in [0.1, 0.15) is 0 Å². The molecule has 0 atom stereocenters. The van der Waals surface area contributed by atoms with Gasteiger partial charge in [-0.2, -0.15) is 0 Å². The van der Waals surface area contributed by atoms with Crippen LogP contribution in [-0.2, 0) is 4.74 Å². The number of carbonyl (C=O) groups excluding carboxylic acids is 1. The first-order valence-corrected chi connectivity index (χ1v) is 7.14. The van der Waals surface area contributed by atoms with Crippen LogP contribution in [0.15, 0.2) is 60.7 Å². The lowest BCUT2D eigenvalue weighted by Crippen LogP contribution is -2.03. The highest BCUT2D eigenvalue weighted by molar-refractivity contribution is 6.00. The van der Waals surface area contributed by atoms with Crippen molar-refractivity contribution >= 4 is 5.97 Å². The molecule has 110 valence electrons. The number of benzene rings is 2. The van der Waals surface area contributed by atoms with Crippen molar-refractivity contribution in [2.75, 3.05) is 7.11 Å². The van der Waals surface area contributed by atoms with E-state index in [9.17, 15) is 4.79 Å². The molecule has 3 aromatic rings. The van der Waals surface area contributed by atoms with Crippen molar-refractivity contribution in [3.8, 4) is 22.5 Å². The van der Waals surface area contributed by atoms with Crippen LogP contribution in [0.25, 0.3) is 22.5 Å². The predicted molar refractivity (Wildman–Crippen MR) is 87.7 cm³/mol. The summed E-state index contributed by atoms with van der Waals surface area (Å²) in [7, 11) is 1.41. The first-order chi connectivity index (χ1) is 10.7. The number of esters is 1. The number of aromatic amines is 1. The Morgan fingerprint density at radius 2 is 1.36 bits per heavy atom. The summed E-state index contributed by atoms with van der Waals surface area (Å²) in [5.41, 5.74) is 5.24. The van der Waals surface area contributed by atoms with Crippen LogP contribution in [0.5, 0.6) is 0 Å². The summed E-state index contributed by atoms with van der Waals surface area (Å²) in [5.74, 6) is -0.324. The van der Waals surface area contributed by atoms with Crippen LogP contribution in [0.3, 0.4) is 0 Å². The Kier molecular flexibility index (Phi) is 3.79. The van der Waals surface area contributed by atoms with Crippen LogP contribution in [0.2, 0.25) is 0 Å². The Hall–Kier alpha value is -2.81. The second kappa shape index (κ2) is 5.90. The van der Waals surface area contributed by atoms with Gasteiger partial charge in [-0.15, -0.1) is 0 Å². The van der Waals surface area contributed by atoms with Crippen LogP contribution in [0, 0.1) is 6.92 Å². The third-order valence-corrected chi connectivity index (χ3v) is 3.76. The van der Waals surface area contributed by atoms with Gasteiger partial charge in [0.25, 0.3) is 0 Å². The van der Waals surface area contributed by atoms with Crippen LogP contribution in [-0.4, -0.2) is 18.1 Å². The molecule has 3 nitrogen and oxygen atoms in total. The van der Waals surface area contributed by atoms with E-state index in [2.05, 4.69) is 4.98 Å². The molecule has 1 heterocycles. The number of rotatable bonds is 3. The van der Waals surface area contributed by atoms with Gasteiger partial charge < -0.3 is 9.72 Å². The van der Waals surface area contributed by atoms with Crippen molar-refractivity contribution in [1.29, 1.82) is 0 Å². The minimum absolute atomic E-state index is 0.324. The molecule has 0 unspecified atom stereocenters. The lowest BCUT2D eigenvalue weighted by atomic mass is 10.0. The van der Waals surface area contributed by atoms with Gasteiger partial charge in [-0.05, 0) is 23.6 Å². The summed E-state index contributed by atoms with van der Waals surface area (Å²) < 4.78 is 4.97. The van der Waals surface area contributed by atoms with E-state index in [1.54, 1.807) is 0 Å². The van der Waals surface area contributed by atoms with Gasteiger partial charge >= 0.3 is 5.97 Å². The molecule has 2 aromatic carbocycles. The lowest BCUT2D eigenvalue weighted by Gasteiger charge is -2.03. The van der Waals surface area contributed by atoms with E-state index in [0.717, 1.165) is 28.1 Å². The average molecular weight is 291 g/mol. The minimum Gasteiger partial charge on any atom is -0.465 e. The molecule has 0 bridgehead atoms. The van der Waals surface area contributed by atoms with E-state index < -0.39 is 0 Å². The molecule has 0 aliphatic carbocycles. The minimum atomic E-state index is -0.324. The fourth-order valence-electron chi connectivity index (χ4n) is 2.67. The average Bonchev–Trinajstić information content (AvgIpc) is 2.93. The van der Waals surface area contributed by atoms with Crippen molar-refractivity contribution in [2.24, 2.45) is 0 Å². The molecule has 0 radical (unpaired) electrons. The number of hydrogen-bond donors (Lipinski definition) is 1. The Morgan fingerprint density at radius 3 is 1.86 bits per heavy atom. The summed E-state index contributed by atoms with van der Waals surface area (Å²) in [6.07, 6.45) is 0. The maximum atomic E-state index is 12.2. The molecular weight excluding hydrogens is 274 g/mol. The van der Waals surface area contributed by atoms with E-state index in [1.165, 1.54) is 7.11 Å². The fourth-order valence-corrected chi connectivity index (χ4v) is 2.67. The lowest BCUT2D eigenvalue weighted by molar-refractivity contribution is 0.0601. The first-order valence-electron chi connectivity index (χ1n) is 7.14. The molecule has 0 saturated carbocycles. The van der Waals surface area contributed by atoms with Gasteiger partial charge in [0.15, 0.2) is 0 Å². The molecule has 0 saturated heterocycles. The first kappa shape index (κ1) is 14.1. The molecule has 0 amide bonds. The predicted octanol–water partition coefficient (Wildman–Crippen LogP) is 4.44. The molecular formula is C19H17NO2. The molecule has 3 heteroatoms. The van der Waals surface area contributed by atoms with Gasteiger partial charge in [-0.25, -0.2) is 4.79 Å². The maximum absolute atomic E-state index is 12.2. The molecule has 1 aromatic heterocycles. The second-order valence-electron chi connectivity index (χ2n) is 5.10. The summed E-state index contributed by atoms with van der Waals surface area (Å²) in [6.45, 7) is 1.94. The Labute approximate surface area is 129 Å². The zero-order valence-electron chi connectivity index (χ0n) is 12.6. The number of nitrogens with one attached hydrogen (secondary N) is 1. The van der Waals surface area contributed by atoms with Crippen molar-refractivity contribution in [3.63, 3.8) is 0 Å². The van der Waals surface area contributed by atoms with Gasteiger partial charge in [0.2, 0.25) is 0 Å². The number of methoxy groups -OCH3 is 1. The number of carbonyl (C=O) groups is 1. The molecule has 0 spiro atoms. The van der Waals surface area contributed by atoms with Gasteiger partial charge in [0, 0.05) is 5.69 Å². The van der Waals surface area contributed by atoms with Gasteiger partial charge in [0.05, 0.1) is 18.4 Å². The van der Waals surface area contributed by atoms with Crippen molar-refractivity contribution in [1.82, 2.24) is 4.98 Å². The Morgan fingerprint density at radius 1 is 0.864 bits per heavy atom. The summed E-state index contributed by atoms with van der Waals surface area (Å²) in [4.78, 5) is 15.6. The quantitative estimate of drug-likeness (QED) is 0.725. The molecule has 1 N–H and O–H groups in total. The molecule has 0 aliphatic rings. The maximum Gasteiger partial charge on any atom is 0.340 e. The number of aromatic nitrogens is 1. The smallest absolute Gasteiger partial charge is 0.340 e. The number of H-pyrrole nitrogens is 1. The third kappa shape index (κ3) is 2.42. The zero-order valence-corrected chi connectivity index (χ0v) is 12.6. The SMILES string of the molecule is COC(=O)c1c(-c2ccccc2)[nH]c(-c2ccccc2)c1C. The van der Waals surface area contributed by atoms with E-state index >= 15 is 0 Å². The molecule has 0 fully saturated rings. The largest absolute Gasteiger partial charge is 0.465 e. The molecule has 0 aliphatic heterocycles. The van der Waals surface area contributed by atoms with E-state index in [0.29, 0.717) is 5.56 Å². The zero-order chi connectivity index (χ0) is 15.5. The van der Waals surface area contributed by atoms with Crippen molar-refractivity contribution in [3.05, 3.63) is 71.8 Å². The van der Waals surface area contributed by atoms with Crippen molar-refractivity contribution in [2.45, 2.75) is 6.92 Å². The molecule has 22 heavy (non-hydrogen) atoms. The number of hydrogen-bond acceptors (Lipinski definition) is 2. The normalized spacial score (nSPS) is 10.5. The topological polar surface area (TPSA) is 42.1 Å². The van der Waals surface area contributed by atoms with E-state index in [1.807, 2.05) is 67.6 Å². The standard InChI is InChI=1S/C19H17NO2/c1-13-16(19(21)22-2)18(15-11-7-4-8-12-15)20-17(13)14-9-5-3-6-10-14/h3-12,20H,1-2H3.